The molecule has 0 aliphatic carbocycles. The van der Waals surface area contributed by atoms with Gasteiger partial charge in [0.25, 0.3) is 0 Å². The minimum Gasteiger partial charge on any atom is -0.406 e. The molecule has 18 heavy (non-hydrogen) atoms. The van der Waals surface area contributed by atoms with Crippen molar-refractivity contribution in [2.45, 2.75) is 18.7 Å². The van der Waals surface area contributed by atoms with Crippen LogP contribution in [0.2, 0.25) is 0 Å². The first kappa shape index (κ1) is 12.8. The van der Waals surface area contributed by atoms with Crippen molar-refractivity contribution >= 4 is 17.6 Å². The van der Waals surface area contributed by atoms with E-state index in [1.807, 2.05) is 24.1 Å². The summed E-state index contributed by atoms with van der Waals surface area (Å²) >= 11 is 5.87. The molecular formula is C12H15ClN4O. The maximum atomic E-state index is 5.87. The van der Waals surface area contributed by atoms with Crippen molar-refractivity contribution in [3.8, 4) is 0 Å². The summed E-state index contributed by atoms with van der Waals surface area (Å²) in [6.45, 7) is 2.60. The highest BCUT2D eigenvalue weighted by atomic mass is 35.5. The standard InChI is InChI=1S/C12H15ClN4O/c1-9(13)11-15-16-12(18-11)17(2)8-5-10-3-6-14-7-4-10/h3-4,6-7,9H,5,8H2,1-2H3. The Labute approximate surface area is 111 Å². The van der Waals surface area contributed by atoms with Crippen LogP contribution < -0.4 is 4.90 Å². The first-order chi connectivity index (χ1) is 8.66. The van der Waals surface area contributed by atoms with Crippen molar-refractivity contribution in [3.63, 3.8) is 0 Å². The number of aromatic nitrogens is 3. The molecule has 0 saturated heterocycles. The van der Waals surface area contributed by atoms with Gasteiger partial charge in [-0.1, -0.05) is 5.10 Å². The van der Waals surface area contributed by atoms with Crippen LogP contribution >= 0.6 is 11.6 Å². The number of likely N-dealkylation sites (N-methyl/N-ethyl adjacent to an activating group) is 1. The fourth-order valence-corrected chi connectivity index (χ4v) is 1.57. The summed E-state index contributed by atoms with van der Waals surface area (Å²) in [5, 5.41) is 7.59. The predicted octanol–water partition coefficient (Wildman–Crippen LogP) is 2.44. The number of hydrogen-bond acceptors (Lipinski definition) is 5. The third-order valence-electron chi connectivity index (χ3n) is 2.58. The molecule has 0 aliphatic rings. The molecule has 0 N–H and O–H groups in total. The fraction of sp³-hybridized carbons (Fsp3) is 0.417. The maximum Gasteiger partial charge on any atom is 0.317 e. The molecule has 0 fully saturated rings. The molecule has 2 aromatic heterocycles. The van der Waals surface area contributed by atoms with E-state index < -0.39 is 0 Å². The van der Waals surface area contributed by atoms with E-state index in [1.165, 1.54) is 5.56 Å². The number of halogens is 1. The molecule has 0 spiro atoms. The second-order valence-corrected chi connectivity index (χ2v) is 4.72. The van der Waals surface area contributed by atoms with Gasteiger partial charge in [0.15, 0.2) is 0 Å². The predicted molar refractivity (Wildman–Crippen MR) is 69.8 cm³/mol. The van der Waals surface area contributed by atoms with Crippen LogP contribution in [0, 0.1) is 0 Å². The topological polar surface area (TPSA) is 55.1 Å². The number of nitrogens with zero attached hydrogens (tertiary/aromatic N) is 4. The van der Waals surface area contributed by atoms with Crippen molar-refractivity contribution in [2.75, 3.05) is 18.5 Å². The van der Waals surface area contributed by atoms with Gasteiger partial charge in [0.2, 0.25) is 5.89 Å². The molecule has 0 aliphatic heterocycles. The van der Waals surface area contributed by atoms with Gasteiger partial charge in [0.05, 0.1) is 0 Å². The Balaban J connectivity index is 1.93. The van der Waals surface area contributed by atoms with Crippen LogP contribution in [0.1, 0.15) is 23.8 Å². The van der Waals surface area contributed by atoms with E-state index >= 15 is 0 Å². The van der Waals surface area contributed by atoms with Crippen molar-refractivity contribution < 1.29 is 4.42 Å². The molecule has 0 aromatic carbocycles. The van der Waals surface area contributed by atoms with Crippen molar-refractivity contribution in [2.24, 2.45) is 0 Å². The van der Waals surface area contributed by atoms with Crippen LogP contribution in [0.4, 0.5) is 6.01 Å². The molecule has 0 bridgehead atoms. The quantitative estimate of drug-likeness (QED) is 0.778. The van der Waals surface area contributed by atoms with Gasteiger partial charge in [0, 0.05) is 26.0 Å². The normalized spacial score (nSPS) is 12.4. The summed E-state index contributed by atoms with van der Waals surface area (Å²) in [5.74, 6) is 0.447. The molecule has 2 heterocycles. The van der Waals surface area contributed by atoms with E-state index in [2.05, 4.69) is 15.2 Å². The van der Waals surface area contributed by atoms with Crippen LogP contribution in [0.15, 0.2) is 28.9 Å². The summed E-state index contributed by atoms with van der Waals surface area (Å²) in [6, 6.07) is 4.48. The minimum atomic E-state index is -0.264. The average molecular weight is 267 g/mol. The fourth-order valence-electron chi connectivity index (χ4n) is 1.48. The van der Waals surface area contributed by atoms with E-state index in [-0.39, 0.29) is 5.38 Å². The lowest BCUT2D eigenvalue weighted by molar-refractivity contribution is 0.490. The lowest BCUT2D eigenvalue weighted by Crippen LogP contribution is -2.20. The zero-order chi connectivity index (χ0) is 13.0. The summed E-state index contributed by atoms with van der Waals surface area (Å²) in [7, 11) is 1.91. The van der Waals surface area contributed by atoms with E-state index in [4.69, 9.17) is 16.0 Å². The summed E-state index contributed by atoms with van der Waals surface area (Å²) in [4.78, 5) is 5.90. The maximum absolute atomic E-state index is 5.87. The van der Waals surface area contributed by atoms with Gasteiger partial charge < -0.3 is 9.32 Å². The largest absolute Gasteiger partial charge is 0.406 e. The summed E-state index contributed by atoms with van der Waals surface area (Å²) < 4.78 is 5.45. The highest BCUT2D eigenvalue weighted by Crippen LogP contribution is 2.20. The van der Waals surface area contributed by atoms with Gasteiger partial charge in [-0.25, -0.2) is 0 Å². The first-order valence-corrected chi connectivity index (χ1v) is 6.18. The first-order valence-electron chi connectivity index (χ1n) is 5.74. The Bertz CT molecular complexity index is 486. The average Bonchev–Trinajstić information content (AvgIpc) is 2.87. The number of alkyl halides is 1. The summed E-state index contributed by atoms with van der Waals surface area (Å²) in [6.07, 6.45) is 4.47. The molecule has 96 valence electrons. The molecule has 5 nitrogen and oxygen atoms in total. The van der Waals surface area contributed by atoms with Crippen LogP contribution in [-0.4, -0.2) is 28.8 Å². The van der Waals surface area contributed by atoms with Crippen LogP contribution in [0.25, 0.3) is 0 Å². The third-order valence-corrected chi connectivity index (χ3v) is 2.77. The third kappa shape index (κ3) is 3.20. The number of anilines is 1. The smallest absolute Gasteiger partial charge is 0.317 e. The van der Waals surface area contributed by atoms with Gasteiger partial charge in [-0.05, 0) is 31.0 Å². The van der Waals surface area contributed by atoms with Crippen molar-refractivity contribution in [3.05, 3.63) is 36.0 Å². The number of rotatable bonds is 5. The molecule has 1 atom stereocenters. The molecule has 2 aromatic rings. The van der Waals surface area contributed by atoms with Gasteiger partial charge >= 0.3 is 6.01 Å². The van der Waals surface area contributed by atoms with Gasteiger partial charge in [-0.15, -0.1) is 16.7 Å². The molecule has 0 radical (unpaired) electrons. The molecular weight excluding hydrogens is 252 g/mol. The molecule has 2 rings (SSSR count). The minimum absolute atomic E-state index is 0.264. The lowest BCUT2D eigenvalue weighted by atomic mass is 10.2. The van der Waals surface area contributed by atoms with Gasteiger partial charge in [-0.3, -0.25) is 4.98 Å². The Hall–Kier alpha value is -1.62. The second kappa shape index (κ2) is 5.82. The molecule has 6 heteroatoms. The van der Waals surface area contributed by atoms with Gasteiger partial charge in [0.1, 0.15) is 5.38 Å². The highest BCUT2D eigenvalue weighted by Gasteiger charge is 2.13. The zero-order valence-corrected chi connectivity index (χ0v) is 11.1. The molecule has 1 unspecified atom stereocenters. The monoisotopic (exact) mass is 266 g/mol. The van der Waals surface area contributed by atoms with Crippen molar-refractivity contribution in [1.82, 2.24) is 15.2 Å². The van der Waals surface area contributed by atoms with Crippen LogP contribution in [0.5, 0.6) is 0 Å². The number of hydrogen-bond donors (Lipinski definition) is 0. The van der Waals surface area contributed by atoms with E-state index in [0.29, 0.717) is 11.9 Å². The number of pyridine rings is 1. The SMILES string of the molecule is CC(Cl)c1nnc(N(C)CCc2ccncc2)o1. The van der Waals surface area contributed by atoms with Crippen LogP contribution in [-0.2, 0) is 6.42 Å². The lowest BCUT2D eigenvalue weighted by Gasteiger charge is -2.13. The molecule has 0 saturated carbocycles. The van der Waals surface area contributed by atoms with Crippen molar-refractivity contribution in [1.29, 1.82) is 0 Å². The molecule has 0 amide bonds. The summed E-state index contributed by atoms with van der Waals surface area (Å²) in [5.41, 5.74) is 1.22. The Morgan fingerprint density at radius 1 is 1.33 bits per heavy atom. The van der Waals surface area contributed by atoms with Gasteiger partial charge in [-0.2, -0.15) is 0 Å². The Morgan fingerprint density at radius 2 is 2.06 bits per heavy atom. The van der Waals surface area contributed by atoms with E-state index in [0.717, 1.165) is 13.0 Å². The Morgan fingerprint density at radius 3 is 2.67 bits per heavy atom. The highest BCUT2D eigenvalue weighted by molar-refractivity contribution is 6.20. The van der Waals surface area contributed by atoms with E-state index in [1.54, 1.807) is 19.3 Å². The van der Waals surface area contributed by atoms with Crippen LogP contribution in [0.3, 0.4) is 0 Å². The second-order valence-electron chi connectivity index (χ2n) is 4.07. The Kier molecular flexibility index (Phi) is 4.15. The van der Waals surface area contributed by atoms with E-state index in [9.17, 15) is 0 Å². The zero-order valence-electron chi connectivity index (χ0n) is 10.4.